The average molecular weight is 545 g/mol. The number of aliphatic hydroxyl groups is 1. The van der Waals surface area contributed by atoms with Gasteiger partial charge in [0.05, 0.1) is 39.1 Å². The van der Waals surface area contributed by atoms with Crippen LogP contribution in [0.1, 0.15) is 43.6 Å². The lowest BCUT2D eigenvalue weighted by Crippen LogP contribution is -2.29. The van der Waals surface area contributed by atoms with Crippen molar-refractivity contribution in [3.8, 4) is 5.75 Å². The SMILES string of the molecule is COc1ccc(C(C)(C)C)cc1/C(O)=C1\C(=O)C(=O)N(c2nc3ccc([N+](=O)[O-])cc3s2)C1c1ccccn1. The van der Waals surface area contributed by atoms with E-state index in [2.05, 4.69) is 9.97 Å². The number of methoxy groups -OCH3 is 1. The monoisotopic (exact) mass is 544 g/mol. The van der Waals surface area contributed by atoms with Gasteiger partial charge in [-0.15, -0.1) is 0 Å². The van der Waals surface area contributed by atoms with Gasteiger partial charge >= 0.3 is 5.91 Å². The predicted octanol–water partition coefficient (Wildman–Crippen LogP) is 5.53. The third-order valence-corrected chi connectivity index (χ3v) is 7.53. The standard InChI is InChI=1S/C28H24N4O6S/c1-28(2,3)15-8-11-20(38-4)17(13-15)24(33)22-23(19-7-5-6-12-29-19)31(26(35)25(22)34)27-30-18-10-9-16(32(36)37)14-21(18)39-27/h5-14,23,33H,1-4H3/b24-22+. The van der Waals surface area contributed by atoms with Crippen LogP contribution in [0.2, 0.25) is 0 Å². The lowest BCUT2D eigenvalue weighted by Gasteiger charge is -2.23. The molecule has 1 fully saturated rings. The highest BCUT2D eigenvalue weighted by Crippen LogP contribution is 2.45. The number of carbonyl (C=O) groups excluding carboxylic acids is 2. The number of hydrogen-bond donors (Lipinski definition) is 1. The van der Waals surface area contributed by atoms with Crippen LogP contribution in [0.5, 0.6) is 5.75 Å². The fourth-order valence-corrected chi connectivity index (χ4v) is 5.50. The van der Waals surface area contributed by atoms with Gasteiger partial charge in [0.25, 0.3) is 11.5 Å². The molecule has 0 bridgehead atoms. The molecule has 3 heterocycles. The summed E-state index contributed by atoms with van der Waals surface area (Å²) in [5, 5.41) is 23.0. The van der Waals surface area contributed by atoms with E-state index in [9.17, 15) is 24.8 Å². The van der Waals surface area contributed by atoms with Crippen molar-refractivity contribution in [1.82, 2.24) is 9.97 Å². The molecule has 1 aliphatic rings. The molecule has 1 atom stereocenters. The van der Waals surface area contributed by atoms with Crippen molar-refractivity contribution >= 4 is 49.8 Å². The van der Waals surface area contributed by atoms with Gasteiger partial charge in [-0.2, -0.15) is 0 Å². The maximum absolute atomic E-state index is 13.5. The largest absolute Gasteiger partial charge is 0.507 e. The molecular weight excluding hydrogens is 520 g/mol. The Kier molecular flexibility index (Phi) is 6.39. The summed E-state index contributed by atoms with van der Waals surface area (Å²) in [4.78, 5) is 47.8. The molecule has 0 aliphatic carbocycles. The Balaban J connectivity index is 1.74. The topological polar surface area (TPSA) is 136 Å². The van der Waals surface area contributed by atoms with Crippen molar-refractivity contribution in [2.45, 2.75) is 32.2 Å². The number of amides is 1. The summed E-state index contributed by atoms with van der Waals surface area (Å²) in [6.07, 6.45) is 1.53. The molecule has 39 heavy (non-hydrogen) atoms. The van der Waals surface area contributed by atoms with Crippen LogP contribution in [-0.2, 0) is 15.0 Å². The molecule has 0 saturated carbocycles. The Morgan fingerprint density at radius 3 is 2.54 bits per heavy atom. The summed E-state index contributed by atoms with van der Waals surface area (Å²) in [6, 6.07) is 13.5. The zero-order valence-electron chi connectivity index (χ0n) is 21.5. The highest BCUT2D eigenvalue weighted by Gasteiger charge is 2.49. The Bertz CT molecular complexity index is 1670. The maximum Gasteiger partial charge on any atom is 0.301 e. The van der Waals surface area contributed by atoms with Crippen molar-refractivity contribution in [3.63, 3.8) is 0 Å². The minimum Gasteiger partial charge on any atom is -0.507 e. The molecule has 4 aromatic rings. The average Bonchev–Trinajstić information content (AvgIpc) is 3.45. The summed E-state index contributed by atoms with van der Waals surface area (Å²) in [6.45, 7) is 6.05. The van der Waals surface area contributed by atoms with Crippen LogP contribution in [0.4, 0.5) is 10.8 Å². The molecule has 5 rings (SSSR count). The fourth-order valence-electron chi connectivity index (χ4n) is 4.47. The number of hydrogen-bond acceptors (Lipinski definition) is 9. The van der Waals surface area contributed by atoms with E-state index < -0.39 is 28.4 Å². The second-order valence-electron chi connectivity index (χ2n) is 9.99. The van der Waals surface area contributed by atoms with Crippen LogP contribution in [0, 0.1) is 10.1 Å². The molecule has 1 N–H and O–H groups in total. The molecule has 1 aliphatic heterocycles. The van der Waals surface area contributed by atoms with Crippen LogP contribution >= 0.6 is 11.3 Å². The summed E-state index contributed by atoms with van der Waals surface area (Å²) < 4.78 is 5.97. The number of pyridine rings is 1. The molecule has 10 nitrogen and oxygen atoms in total. The van der Waals surface area contributed by atoms with Crippen LogP contribution in [-0.4, -0.2) is 38.8 Å². The number of aromatic nitrogens is 2. The van der Waals surface area contributed by atoms with Crippen LogP contribution in [0.3, 0.4) is 0 Å². The predicted molar refractivity (Wildman–Crippen MR) is 147 cm³/mol. The van der Waals surface area contributed by atoms with Gasteiger partial charge in [-0.25, -0.2) is 4.98 Å². The number of Topliss-reactive ketones (excluding diaryl/α,β-unsaturated/α-hetero) is 1. The molecule has 1 amide bonds. The minimum absolute atomic E-state index is 0.119. The maximum atomic E-state index is 13.5. The number of thiazole rings is 1. The Morgan fingerprint density at radius 1 is 1.13 bits per heavy atom. The fraction of sp³-hybridized carbons (Fsp3) is 0.214. The first-order chi connectivity index (χ1) is 18.5. The third-order valence-electron chi connectivity index (χ3n) is 6.51. The van der Waals surface area contributed by atoms with Gasteiger partial charge in [0.15, 0.2) is 5.13 Å². The Labute approximate surface area is 227 Å². The van der Waals surface area contributed by atoms with Crippen LogP contribution in [0.15, 0.2) is 66.4 Å². The van der Waals surface area contributed by atoms with Gasteiger partial charge in [0, 0.05) is 18.3 Å². The first-order valence-corrected chi connectivity index (χ1v) is 12.8. The van der Waals surface area contributed by atoms with Gasteiger partial charge < -0.3 is 9.84 Å². The summed E-state index contributed by atoms with van der Waals surface area (Å²) in [5.41, 5.74) is 1.39. The highest BCUT2D eigenvalue weighted by molar-refractivity contribution is 7.22. The number of aliphatic hydroxyl groups excluding tert-OH is 1. The second-order valence-corrected chi connectivity index (χ2v) is 11.0. The van der Waals surface area contributed by atoms with Gasteiger partial charge in [0.2, 0.25) is 0 Å². The molecule has 198 valence electrons. The molecule has 11 heteroatoms. The Morgan fingerprint density at radius 2 is 1.90 bits per heavy atom. The van der Waals surface area contributed by atoms with Crippen molar-refractivity contribution < 1.29 is 24.4 Å². The minimum atomic E-state index is -1.09. The number of non-ortho nitro benzene ring substituents is 1. The molecule has 1 unspecified atom stereocenters. The number of rotatable bonds is 5. The van der Waals surface area contributed by atoms with Crippen molar-refractivity contribution in [2.75, 3.05) is 12.0 Å². The summed E-state index contributed by atoms with van der Waals surface area (Å²) in [5.74, 6) is -1.87. The van der Waals surface area contributed by atoms with Gasteiger partial charge in [-0.05, 0) is 41.3 Å². The van der Waals surface area contributed by atoms with Crippen molar-refractivity contribution in [3.05, 3.63) is 93.3 Å². The number of fused-ring (bicyclic) bond motifs is 1. The number of nitro benzene ring substituents is 1. The first kappa shape index (κ1) is 26.0. The van der Waals surface area contributed by atoms with Gasteiger partial charge in [-0.1, -0.05) is 44.2 Å². The van der Waals surface area contributed by atoms with Crippen molar-refractivity contribution in [1.29, 1.82) is 0 Å². The van der Waals surface area contributed by atoms with E-state index in [1.54, 1.807) is 30.3 Å². The number of carbonyl (C=O) groups is 2. The van der Waals surface area contributed by atoms with Crippen LogP contribution in [0.25, 0.3) is 16.0 Å². The molecular formula is C28H24N4O6S. The van der Waals surface area contributed by atoms with Gasteiger partial charge in [0.1, 0.15) is 17.6 Å². The van der Waals surface area contributed by atoms with E-state index in [0.717, 1.165) is 16.9 Å². The zero-order valence-corrected chi connectivity index (χ0v) is 22.4. The van der Waals surface area contributed by atoms with E-state index in [1.807, 2.05) is 26.8 Å². The quantitative estimate of drug-likeness (QED) is 0.114. The lowest BCUT2D eigenvalue weighted by atomic mass is 9.85. The normalized spacial score (nSPS) is 17.1. The molecule has 0 spiro atoms. The molecule has 2 aromatic carbocycles. The zero-order chi connectivity index (χ0) is 28.1. The second kappa shape index (κ2) is 9.59. The van der Waals surface area contributed by atoms with E-state index in [1.165, 1.54) is 36.4 Å². The van der Waals surface area contributed by atoms with E-state index in [-0.39, 0.29) is 27.4 Å². The number of anilines is 1. The van der Waals surface area contributed by atoms with Crippen LogP contribution < -0.4 is 9.64 Å². The van der Waals surface area contributed by atoms with E-state index in [4.69, 9.17) is 4.74 Å². The smallest absolute Gasteiger partial charge is 0.301 e. The number of ketones is 1. The van der Waals surface area contributed by atoms with E-state index in [0.29, 0.717) is 21.7 Å². The Hall–Kier alpha value is -4.64. The number of benzene rings is 2. The molecule has 1 saturated heterocycles. The number of nitrogens with zero attached hydrogens (tertiary/aromatic N) is 4. The molecule has 2 aromatic heterocycles. The lowest BCUT2D eigenvalue weighted by molar-refractivity contribution is -0.384. The highest BCUT2D eigenvalue weighted by atomic mass is 32.1. The number of ether oxygens (including phenoxy) is 1. The van der Waals surface area contributed by atoms with Crippen molar-refractivity contribution in [2.24, 2.45) is 0 Å². The summed E-state index contributed by atoms with van der Waals surface area (Å²) >= 11 is 1.03. The van der Waals surface area contributed by atoms with E-state index >= 15 is 0 Å². The number of nitro groups is 1. The first-order valence-electron chi connectivity index (χ1n) is 12.0. The molecule has 0 radical (unpaired) electrons. The third kappa shape index (κ3) is 4.50. The van der Waals surface area contributed by atoms with Gasteiger partial charge in [-0.3, -0.25) is 29.6 Å². The summed E-state index contributed by atoms with van der Waals surface area (Å²) in [7, 11) is 1.46.